The van der Waals surface area contributed by atoms with E-state index in [4.69, 9.17) is 0 Å². The molecule has 3 aromatic carbocycles. The molecule has 182 valence electrons. The van der Waals surface area contributed by atoms with E-state index in [9.17, 15) is 9.18 Å². The van der Waals surface area contributed by atoms with E-state index in [-0.39, 0.29) is 11.4 Å². The summed E-state index contributed by atoms with van der Waals surface area (Å²) in [5.41, 5.74) is 4.23. The highest BCUT2D eigenvalue weighted by molar-refractivity contribution is 5.79. The molecule has 5 rings (SSSR count). The van der Waals surface area contributed by atoms with Crippen LogP contribution >= 0.6 is 0 Å². The molecule has 2 aromatic heterocycles. The molecule has 0 bridgehead atoms. The minimum Gasteiger partial charge on any atom is -0.322 e. The average molecular weight is 483 g/mol. The van der Waals surface area contributed by atoms with Gasteiger partial charge in [-0.25, -0.2) is 9.07 Å². The van der Waals surface area contributed by atoms with E-state index in [2.05, 4.69) is 44.5 Å². The van der Waals surface area contributed by atoms with Gasteiger partial charge in [-0.05, 0) is 70.2 Å². The second-order valence-corrected chi connectivity index (χ2v) is 8.92. The zero-order valence-corrected chi connectivity index (χ0v) is 20.2. The maximum Gasteiger partial charge on any atom is 0.253 e. The first-order chi connectivity index (χ1) is 17.5. The summed E-state index contributed by atoms with van der Waals surface area (Å²) >= 11 is 0. The van der Waals surface area contributed by atoms with Crippen LogP contribution in [0.15, 0.2) is 83.7 Å². The van der Waals surface area contributed by atoms with Gasteiger partial charge in [0.15, 0.2) is 5.82 Å². The molecule has 2 heterocycles. The number of hydrogen-bond acceptors (Lipinski definition) is 5. The fraction of sp³-hybridized carbons (Fsp3) is 0.214. The van der Waals surface area contributed by atoms with Gasteiger partial charge in [0, 0.05) is 17.6 Å². The average Bonchev–Trinajstić information content (AvgIpc) is 3.33. The molecule has 5 aromatic rings. The van der Waals surface area contributed by atoms with Crippen LogP contribution in [0.1, 0.15) is 41.0 Å². The van der Waals surface area contributed by atoms with Crippen LogP contribution in [0.25, 0.3) is 10.9 Å². The van der Waals surface area contributed by atoms with Gasteiger partial charge in [-0.2, -0.15) is 0 Å². The fourth-order valence-electron chi connectivity index (χ4n) is 4.52. The number of aromatic amines is 1. The first kappa shape index (κ1) is 23.6. The van der Waals surface area contributed by atoms with E-state index in [1.54, 1.807) is 16.8 Å². The standard InChI is InChI=1S/C28H27FN6O/c1-3-34(17-20-7-5-4-6-8-20)26(24-16-22-12-9-19(2)15-25(22)30-28(24)36)27-31-32-33-35(27)18-21-10-13-23(29)14-11-21/h4-16,26H,3,17-18H2,1-2H3,(H,30,36)/t26-/m1/s1. The Labute approximate surface area is 208 Å². The Morgan fingerprint density at radius 3 is 2.53 bits per heavy atom. The summed E-state index contributed by atoms with van der Waals surface area (Å²) in [6.07, 6.45) is 0. The third-order valence-corrected chi connectivity index (χ3v) is 6.37. The molecule has 1 N–H and O–H groups in total. The molecule has 0 saturated heterocycles. The molecule has 0 fully saturated rings. The van der Waals surface area contributed by atoms with Crippen molar-refractivity contribution < 1.29 is 4.39 Å². The highest BCUT2D eigenvalue weighted by Crippen LogP contribution is 2.28. The van der Waals surface area contributed by atoms with Crippen molar-refractivity contribution >= 4 is 10.9 Å². The Hall–Kier alpha value is -4.17. The van der Waals surface area contributed by atoms with E-state index >= 15 is 0 Å². The Kier molecular flexibility index (Phi) is 6.69. The summed E-state index contributed by atoms with van der Waals surface area (Å²) in [5.74, 6) is 0.251. The van der Waals surface area contributed by atoms with E-state index < -0.39 is 6.04 Å². The number of aromatic nitrogens is 5. The number of aryl methyl sites for hydroxylation is 1. The second-order valence-electron chi connectivity index (χ2n) is 8.92. The molecule has 1 atom stereocenters. The lowest BCUT2D eigenvalue weighted by molar-refractivity contribution is 0.214. The summed E-state index contributed by atoms with van der Waals surface area (Å²) in [5, 5.41) is 13.5. The summed E-state index contributed by atoms with van der Waals surface area (Å²) < 4.78 is 15.1. The van der Waals surface area contributed by atoms with Gasteiger partial charge < -0.3 is 4.98 Å². The summed E-state index contributed by atoms with van der Waals surface area (Å²) in [7, 11) is 0. The monoisotopic (exact) mass is 482 g/mol. The number of fused-ring (bicyclic) bond motifs is 1. The highest BCUT2D eigenvalue weighted by atomic mass is 19.1. The number of pyridine rings is 1. The third kappa shape index (κ3) is 4.94. The van der Waals surface area contributed by atoms with Crippen molar-refractivity contribution in [3.8, 4) is 0 Å². The third-order valence-electron chi connectivity index (χ3n) is 6.37. The SMILES string of the molecule is CCN(Cc1ccccc1)[C@H](c1cc2ccc(C)cc2[nH]c1=O)c1nnnn1Cc1ccc(F)cc1. The molecule has 0 spiro atoms. The molecular weight excluding hydrogens is 455 g/mol. The zero-order chi connectivity index (χ0) is 25.1. The van der Waals surface area contributed by atoms with Gasteiger partial charge in [0.05, 0.1) is 6.54 Å². The van der Waals surface area contributed by atoms with Gasteiger partial charge in [-0.15, -0.1) is 5.10 Å². The molecule has 7 nitrogen and oxygen atoms in total. The van der Waals surface area contributed by atoms with E-state index in [0.29, 0.717) is 31.0 Å². The molecule has 0 aliphatic heterocycles. The van der Waals surface area contributed by atoms with Crippen molar-refractivity contribution in [2.45, 2.75) is 33.0 Å². The number of halogens is 1. The molecule has 0 unspecified atom stereocenters. The Balaban J connectivity index is 1.63. The number of rotatable bonds is 8. The molecule has 36 heavy (non-hydrogen) atoms. The highest BCUT2D eigenvalue weighted by Gasteiger charge is 2.30. The molecule has 0 radical (unpaired) electrons. The van der Waals surface area contributed by atoms with Crippen molar-refractivity contribution in [1.29, 1.82) is 0 Å². The van der Waals surface area contributed by atoms with Crippen molar-refractivity contribution in [3.63, 3.8) is 0 Å². The minimum atomic E-state index is -0.500. The van der Waals surface area contributed by atoms with E-state index in [1.165, 1.54) is 12.1 Å². The maximum absolute atomic E-state index is 13.5. The van der Waals surface area contributed by atoms with Crippen molar-refractivity contribution in [3.05, 3.63) is 123 Å². The number of nitrogens with one attached hydrogen (secondary N) is 1. The number of H-pyrrole nitrogens is 1. The van der Waals surface area contributed by atoms with E-state index in [1.807, 2.05) is 49.4 Å². The molecule has 0 amide bonds. The Bertz CT molecular complexity index is 1530. The van der Waals surface area contributed by atoms with Crippen molar-refractivity contribution in [1.82, 2.24) is 30.1 Å². The first-order valence-electron chi connectivity index (χ1n) is 11.9. The van der Waals surface area contributed by atoms with Crippen LogP contribution < -0.4 is 5.56 Å². The Morgan fingerprint density at radius 2 is 1.78 bits per heavy atom. The van der Waals surface area contributed by atoms with Gasteiger partial charge in [-0.3, -0.25) is 9.69 Å². The number of nitrogens with zero attached hydrogens (tertiary/aromatic N) is 5. The number of benzene rings is 3. The molecular formula is C28H27FN6O. The zero-order valence-electron chi connectivity index (χ0n) is 20.2. The first-order valence-corrected chi connectivity index (χ1v) is 11.9. The van der Waals surface area contributed by atoms with Gasteiger partial charge in [-0.1, -0.05) is 61.5 Å². The minimum absolute atomic E-state index is 0.180. The van der Waals surface area contributed by atoms with Crippen LogP contribution in [-0.2, 0) is 13.1 Å². The topological polar surface area (TPSA) is 79.7 Å². The summed E-state index contributed by atoms with van der Waals surface area (Å²) in [4.78, 5) is 18.7. The van der Waals surface area contributed by atoms with Gasteiger partial charge in [0.25, 0.3) is 5.56 Å². The predicted octanol–water partition coefficient (Wildman–Crippen LogP) is 4.62. The maximum atomic E-state index is 13.5. The largest absolute Gasteiger partial charge is 0.322 e. The Morgan fingerprint density at radius 1 is 1.00 bits per heavy atom. The number of tetrazole rings is 1. The van der Waals surface area contributed by atoms with Gasteiger partial charge in [0.2, 0.25) is 0 Å². The predicted molar refractivity (Wildman–Crippen MR) is 137 cm³/mol. The van der Waals surface area contributed by atoms with Crippen molar-refractivity contribution in [2.24, 2.45) is 0 Å². The smallest absolute Gasteiger partial charge is 0.253 e. The lowest BCUT2D eigenvalue weighted by Crippen LogP contribution is -2.35. The number of hydrogen-bond donors (Lipinski definition) is 1. The van der Waals surface area contributed by atoms with Crippen LogP contribution in [-0.4, -0.2) is 36.6 Å². The van der Waals surface area contributed by atoms with Crippen LogP contribution in [0.4, 0.5) is 4.39 Å². The van der Waals surface area contributed by atoms with Crippen LogP contribution in [0, 0.1) is 12.7 Å². The van der Waals surface area contributed by atoms with Gasteiger partial charge in [0.1, 0.15) is 11.9 Å². The fourth-order valence-corrected chi connectivity index (χ4v) is 4.52. The normalized spacial score (nSPS) is 12.3. The van der Waals surface area contributed by atoms with E-state index in [0.717, 1.165) is 27.6 Å². The van der Waals surface area contributed by atoms with Crippen LogP contribution in [0.3, 0.4) is 0 Å². The quantitative estimate of drug-likeness (QED) is 0.349. The summed E-state index contributed by atoms with van der Waals surface area (Å²) in [6, 6.07) is 23.8. The second kappa shape index (κ2) is 10.2. The van der Waals surface area contributed by atoms with Crippen molar-refractivity contribution in [2.75, 3.05) is 6.54 Å². The lowest BCUT2D eigenvalue weighted by atomic mass is 10.0. The van der Waals surface area contributed by atoms with Crippen LogP contribution in [0.5, 0.6) is 0 Å². The van der Waals surface area contributed by atoms with Crippen LogP contribution in [0.2, 0.25) is 0 Å². The summed E-state index contributed by atoms with van der Waals surface area (Å²) in [6.45, 7) is 5.68. The lowest BCUT2D eigenvalue weighted by Gasteiger charge is -2.30. The molecule has 0 aliphatic carbocycles. The molecule has 0 saturated carbocycles. The molecule has 0 aliphatic rings. The molecule has 8 heteroatoms. The van der Waals surface area contributed by atoms with Gasteiger partial charge >= 0.3 is 0 Å².